The van der Waals surface area contributed by atoms with E-state index in [0.29, 0.717) is 0 Å². The lowest BCUT2D eigenvalue weighted by Gasteiger charge is -2.19. The van der Waals surface area contributed by atoms with Crippen molar-refractivity contribution in [3.63, 3.8) is 0 Å². The molecule has 1 saturated heterocycles. The van der Waals surface area contributed by atoms with E-state index >= 15 is 0 Å². The summed E-state index contributed by atoms with van der Waals surface area (Å²) >= 11 is 0. The Balaban J connectivity index is 2.16. The van der Waals surface area contributed by atoms with Gasteiger partial charge in [-0.1, -0.05) is 13.0 Å². The van der Waals surface area contributed by atoms with Crippen molar-refractivity contribution in [1.29, 1.82) is 0 Å². The molecule has 1 aromatic rings. The number of nitrogens with zero attached hydrogens (tertiary/aromatic N) is 1. The van der Waals surface area contributed by atoms with Gasteiger partial charge < -0.3 is 10.5 Å². The summed E-state index contributed by atoms with van der Waals surface area (Å²) in [7, 11) is 1.73. The van der Waals surface area contributed by atoms with Gasteiger partial charge in [0, 0.05) is 24.7 Å². The Labute approximate surface area is 110 Å². The third kappa shape index (κ3) is 3.03. The number of hydrogen-bond acceptors (Lipinski definition) is 3. The van der Waals surface area contributed by atoms with Crippen molar-refractivity contribution in [3.05, 3.63) is 29.3 Å². The van der Waals surface area contributed by atoms with Crippen LogP contribution >= 0.6 is 0 Å². The van der Waals surface area contributed by atoms with Gasteiger partial charge in [0.2, 0.25) is 0 Å². The van der Waals surface area contributed by atoms with Gasteiger partial charge in [0.25, 0.3) is 0 Å². The zero-order valence-corrected chi connectivity index (χ0v) is 11.6. The lowest BCUT2D eigenvalue weighted by Crippen LogP contribution is -2.20. The smallest absolute Gasteiger partial charge is 0.123 e. The molecule has 0 radical (unpaired) electrons. The number of likely N-dealkylation sites (tertiary alicyclic amines) is 1. The monoisotopic (exact) mass is 248 g/mol. The Hall–Kier alpha value is -1.06. The SMILES string of the molecule is COc1ccc(C(C)N)cc1CN1CCC(C)C1. The maximum absolute atomic E-state index is 5.95. The van der Waals surface area contributed by atoms with E-state index in [1.807, 2.05) is 13.0 Å². The minimum Gasteiger partial charge on any atom is -0.496 e. The molecule has 1 aromatic carbocycles. The number of ether oxygens (including phenoxy) is 1. The topological polar surface area (TPSA) is 38.5 Å². The summed E-state index contributed by atoms with van der Waals surface area (Å²) in [6, 6.07) is 6.35. The number of benzene rings is 1. The van der Waals surface area contributed by atoms with Crippen LogP contribution in [0.3, 0.4) is 0 Å². The Kier molecular flexibility index (Phi) is 4.25. The highest BCUT2D eigenvalue weighted by atomic mass is 16.5. The van der Waals surface area contributed by atoms with Crippen LogP contribution in [0.15, 0.2) is 18.2 Å². The van der Waals surface area contributed by atoms with Gasteiger partial charge in [-0.25, -0.2) is 0 Å². The van der Waals surface area contributed by atoms with E-state index in [9.17, 15) is 0 Å². The van der Waals surface area contributed by atoms with Gasteiger partial charge in [0.15, 0.2) is 0 Å². The molecule has 3 nitrogen and oxygen atoms in total. The Morgan fingerprint density at radius 1 is 1.50 bits per heavy atom. The van der Waals surface area contributed by atoms with Crippen molar-refractivity contribution in [1.82, 2.24) is 4.90 Å². The fourth-order valence-electron chi connectivity index (χ4n) is 2.62. The third-order valence-electron chi connectivity index (χ3n) is 3.73. The van der Waals surface area contributed by atoms with Gasteiger partial charge in [-0.05, 0) is 43.5 Å². The van der Waals surface area contributed by atoms with Crippen LogP contribution in [0, 0.1) is 5.92 Å². The predicted octanol–water partition coefficient (Wildman–Crippen LogP) is 2.56. The first-order valence-corrected chi connectivity index (χ1v) is 6.75. The van der Waals surface area contributed by atoms with E-state index in [4.69, 9.17) is 10.5 Å². The summed E-state index contributed by atoms with van der Waals surface area (Å²) in [6.07, 6.45) is 1.30. The fourth-order valence-corrected chi connectivity index (χ4v) is 2.62. The van der Waals surface area contributed by atoms with Gasteiger partial charge in [0.1, 0.15) is 5.75 Å². The molecule has 2 rings (SSSR count). The maximum atomic E-state index is 5.95. The maximum Gasteiger partial charge on any atom is 0.123 e. The molecule has 0 spiro atoms. The summed E-state index contributed by atoms with van der Waals surface area (Å²) in [6.45, 7) is 7.67. The average Bonchev–Trinajstić information content (AvgIpc) is 2.74. The van der Waals surface area contributed by atoms with Crippen LogP contribution in [0.4, 0.5) is 0 Å². The van der Waals surface area contributed by atoms with Gasteiger partial charge in [-0.3, -0.25) is 4.90 Å². The minimum absolute atomic E-state index is 0.0761. The molecule has 2 N–H and O–H groups in total. The van der Waals surface area contributed by atoms with Crippen molar-refractivity contribution in [3.8, 4) is 5.75 Å². The van der Waals surface area contributed by atoms with Crippen LogP contribution in [0.25, 0.3) is 0 Å². The van der Waals surface area contributed by atoms with Crippen LogP contribution in [0.1, 0.15) is 37.4 Å². The second kappa shape index (κ2) is 5.72. The Morgan fingerprint density at radius 3 is 2.83 bits per heavy atom. The Morgan fingerprint density at radius 2 is 2.28 bits per heavy atom. The molecule has 1 aliphatic heterocycles. The van der Waals surface area contributed by atoms with Gasteiger partial charge >= 0.3 is 0 Å². The van der Waals surface area contributed by atoms with E-state index in [0.717, 1.165) is 18.2 Å². The normalized spacial score (nSPS) is 22.1. The van der Waals surface area contributed by atoms with Crippen molar-refractivity contribution >= 4 is 0 Å². The Bertz CT molecular complexity index is 403. The van der Waals surface area contributed by atoms with Crippen LogP contribution in [-0.2, 0) is 6.54 Å². The first-order chi connectivity index (χ1) is 8.60. The second-order valence-electron chi connectivity index (χ2n) is 5.49. The zero-order chi connectivity index (χ0) is 13.1. The molecule has 0 aliphatic carbocycles. The molecule has 0 aromatic heterocycles. The number of rotatable bonds is 4. The lowest BCUT2D eigenvalue weighted by atomic mass is 10.0. The molecule has 1 fully saturated rings. The van der Waals surface area contributed by atoms with E-state index in [1.165, 1.54) is 30.6 Å². The van der Waals surface area contributed by atoms with Gasteiger partial charge in [-0.2, -0.15) is 0 Å². The van der Waals surface area contributed by atoms with Crippen LogP contribution in [0.2, 0.25) is 0 Å². The first-order valence-electron chi connectivity index (χ1n) is 6.75. The third-order valence-corrected chi connectivity index (χ3v) is 3.73. The second-order valence-corrected chi connectivity index (χ2v) is 5.49. The van der Waals surface area contributed by atoms with Crippen molar-refractivity contribution in [2.75, 3.05) is 20.2 Å². The molecule has 3 heteroatoms. The highest BCUT2D eigenvalue weighted by Gasteiger charge is 2.20. The van der Waals surface area contributed by atoms with Crippen molar-refractivity contribution in [2.45, 2.75) is 32.9 Å². The quantitative estimate of drug-likeness (QED) is 0.890. The van der Waals surface area contributed by atoms with E-state index in [1.54, 1.807) is 7.11 Å². The summed E-state index contributed by atoms with van der Waals surface area (Å²) < 4.78 is 5.45. The van der Waals surface area contributed by atoms with Crippen molar-refractivity contribution < 1.29 is 4.74 Å². The van der Waals surface area contributed by atoms with Crippen LogP contribution in [-0.4, -0.2) is 25.1 Å². The summed E-state index contributed by atoms with van der Waals surface area (Å²) in [5, 5.41) is 0. The average molecular weight is 248 g/mol. The highest BCUT2D eigenvalue weighted by molar-refractivity contribution is 5.38. The largest absolute Gasteiger partial charge is 0.496 e. The fraction of sp³-hybridized carbons (Fsp3) is 0.600. The molecule has 1 aliphatic rings. The van der Waals surface area contributed by atoms with E-state index in [2.05, 4.69) is 24.0 Å². The van der Waals surface area contributed by atoms with E-state index in [-0.39, 0.29) is 6.04 Å². The summed E-state index contributed by atoms with van der Waals surface area (Å²) in [4.78, 5) is 2.49. The molecule has 100 valence electrons. The standard InChI is InChI=1S/C15H24N2O/c1-11-6-7-17(9-11)10-14-8-13(12(2)16)4-5-15(14)18-3/h4-5,8,11-12H,6-7,9-10,16H2,1-3H3. The zero-order valence-electron chi connectivity index (χ0n) is 11.6. The van der Waals surface area contributed by atoms with Crippen LogP contribution < -0.4 is 10.5 Å². The lowest BCUT2D eigenvalue weighted by molar-refractivity contribution is 0.311. The van der Waals surface area contributed by atoms with Gasteiger partial charge in [-0.15, -0.1) is 0 Å². The molecular formula is C15H24N2O. The highest BCUT2D eigenvalue weighted by Crippen LogP contribution is 2.26. The molecule has 0 amide bonds. The molecule has 2 unspecified atom stereocenters. The number of methoxy groups -OCH3 is 1. The summed E-state index contributed by atoms with van der Waals surface area (Å²) in [5.41, 5.74) is 8.38. The first kappa shape index (κ1) is 13.4. The molecular weight excluding hydrogens is 224 g/mol. The van der Waals surface area contributed by atoms with E-state index < -0.39 is 0 Å². The van der Waals surface area contributed by atoms with Crippen LogP contribution in [0.5, 0.6) is 5.75 Å². The predicted molar refractivity (Wildman–Crippen MR) is 74.7 cm³/mol. The minimum atomic E-state index is 0.0761. The summed E-state index contributed by atoms with van der Waals surface area (Å²) in [5.74, 6) is 1.78. The molecule has 0 saturated carbocycles. The van der Waals surface area contributed by atoms with Gasteiger partial charge in [0.05, 0.1) is 7.11 Å². The number of nitrogens with two attached hydrogens (primary N) is 1. The molecule has 2 atom stereocenters. The van der Waals surface area contributed by atoms with Crippen molar-refractivity contribution in [2.24, 2.45) is 11.7 Å². The molecule has 18 heavy (non-hydrogen) atoms. The molecule has 1 heterocycles. The molecule has 0 bridgehead atoms. The number of hydrogen-bond donors (Lipinski definition) is 1.